The molecule has 7 atom stereocenters. The molecule has 142 valence electrons. The van der Waals surface area contributed by atoms with Crippen LogP contribution in [0.4, 0.5) is 0 Å². The minimum atomic E-state index is -1.12. The van der Waals surface area contributed by atoms with Crippen molar-refractivity contribution in [3.63, 3.8) is 0 Å². The van der Waals surface area contributed by atoms with E-state index in [2.05, 4.69) is 0 Å². The second-order valence-corrected chi connectivity index (χ2v) is 8.89. The van der Waals surface area contributed by atoms with Gasteiger partial charge in [0.1, 0.15) is 0 Å². The zero-order valence-corrected chi connectivity index (χ0v) is 15.5. The first kappa shape index (κ1) is 18.9. The normalized spacial score (nSPS) is 47.5. The topological polar surface area (TPSA) is 94.1 Å². The van der Waals surface area contributed by atoms with Crippen LogP contribution in [0.15, 0.2) is 23.0 Å². The summed E-state index contributed by atoms with van der Waals surface area (Å²) < 4.78 is 5.13. The second kappa shape index (κ2) is 6.38. The van der Waals surface area contributed by atoms with Crippen LogP contribution in [0.3, 0.4) is 0 Å². The molecule has 5 nitrogen and oxygen atoms in total. The fourth-order valence-corrected chi connectivity index (χ4v) is 5.97. The molecule has 2 aliphatic carbocycles. The SMILES string of the molecule is C[C@@H]1[C@@H](O)[C@@H](O)[C@H]2[C@@](C)(CO)CCC[C@]2(C)[C@@]1(O)CCc1ccoc1. The lowest BCUT2D eigenvalue weighted by atomic mass is 9.42. The Hall–Kier alpha value is -0.880. The van der Waals surface area contributed by atoms with E-state index in [-0.39, 0.29) is 12.5 Å². The van der Waals surface area contributed by atoms with Gasteiger partial charge in [0.25, 0.3) is 0 Å². The number of fused-ring (bicyclic) bond motifs is 1. The summed E-state index contributed by atoms with van der Waals surface area (Å²) in [4.78, 5) is 0. The highest BCUT2D eigenvalue weighted by molar-refractivity contribution is 5.18. The van der Waals surface area contributed by atoms with Crippen LogP contribution in [-0.2, 0) is 6.42 Å². The standard InChI is InChI=1S/C20H32O5/c1-13-15(22)16(23)17-18(2,12-21)7-4-8-19(17,3)20(13,24)9-5-14-6-10-25-11-14/h6,10-11,13,15-17,21-24H,4-5,7-9,12H2,1-3H3/t13-,15-,16-,17+,18-,19+,20-/m1/s1. The van der Waals surface area contributed by atoms with Crippen molar-refractivity contribution < 1.29 is 24.8 Å². The average Bonchev–Trinajstić information content (AvgIpc) is 3.10. The monoisotopic (exact) mass is 352 g/mol. The summed E-state index contributed by atoms with van der Waals surface area (Å²) in [5.41, 5.74) is -1.17. The van der Waals surface area contributed by atoms with E-state index < -0.39 is 34.6 Å². The summed E-state index contributed by atoms with van der Waals surface area (Å²) in [5, 5.41) is 43.4. The Morgan fingerprint density at radius 1 is 1.20 bits per heavy atom. The largest absolute Gasteiger partial charge is 0.472 e. The highest BCUT2D eigenvalue weighted by Crippen LogP contribution is 2.63. The molecule has 2 aliphatic rings. The summed E-state index contributed by atoms with van der Waals surface area (Å²) in [7, 11) is 0. The van der Waals surface area contributed by atoms with E-state index in [0.717, 1.165) is 24.8 Å². The summed E-state index contributed by atoms with van der Waals surface area (Å²) in [6.45, 7) is 5.78. The van der Waals surface area contributed by atoms with Gasteiger partial charge in [0, 0.05) is 23.9 Å². The molecule has 5 heteroatoms. The van der Waals surface area contributed by atoms with Gasteiger partial charge in [-0.1, -0.05) is 27.2 Å². The lowest BCUT2D eigenvalue weighted by molar-refractivity contribution is -0.283. The Morgan fingerprint density at radius 3 is 2.52 bits per heavy atom. The Labute approximate surface area is 149 Å². The van der Waals surface area contributed by atoms with Crippen LogP contribution in [0, 0.1) is 22.7 Å². The Morgan fingerprint density at radius 2 is 1.92 bits per heavy atom. The van der Waals surface area contributed by atoms with E-state index in [0.29, 0.717) is 12.8 Å². The van der Waals surface area contributed by atoms with E-state index in [4.69, 9.17) is 4.42 Å². The van der Waals surface area contributed by atoms with Gasteiger partial charge in [-0.15, -0.1) is 0 Å². The molecule has 2 saturated carbocycles. The van der Waals surface area contributed by atoms with Gasteiger partial charge in [-0.25, -0.2) is 0 Å². The summed E-state index contributed by atoms with van der Waals surface area (Å²) in [6.07, 6.45) is 4.97. The molecule has 0 spiro atoms. The Kier molecular flexibility index (Phi) is 4.82. The molecule has 0 aliphatic heterocycles. The molecule has 3 rings (SSSR count). The molecule has 25 heavy (non-hydrogen) atoms. The van der Waals surface area contributed by atoms with E-state index in [9.17, 15) is 20.4 Å². The van der Waals surface area contributed by atoms with Gasteiger partial charge in [0.2, 0.25) is 0 Å². The van der Waals surface area contributed by atoms with Crippen LogP contribution in [0.2, 0.25) is 0 Å². The van der Waals surface area contributed by atoms with Gasteiger partial charge in [-0.05, 0) is 42.7 Å². The molecule has 0 unspecified atom stereocenters. The quantitative estimate of drug-likeness (QED) is 0.666. The number of hydrogen-bond acceptors (Lipinski definition) is 5. The summed E-state index contributed by atoms with van der Waals surface area (Å²) in [6, 6.07) is 1.89. The van der Waals surface area contributed by atoms with Crippen molar-refractivity contribution in [1.82, 2.24) is 0 Å². The van der Waals surface area contributed by atoms with Gasteiger partial charge in [-0.3, -0.25) is 0 Å². The lowest BCUT2D eigenvalue weighted by Gasteiger charge is -2.65. The van der Waals surface area contributed by atoms with E-state index in [1.54, 1.807) is 12.5 Å². The van der Waals surface area contributed by atoms with Crippen LogP contribution in [0.25, 0.3) is 0 Å². The number of rotatable bonds is 4. The molecule has 4 N–H and O–H groups in total. The lowest BCUT2D eigenvalue weighted by Crippen LogP contribution is -2.71. The maximum atomic E-state index is 11.8. The summed E-state index contributed by atoms with van der Waals surface area (Å²) >= 11 is 0. The predicted molar refractivity (Wildman–Crippen MR) is 93.8 cm³/mol. The highest BCUT2D eigenvalue weighted by atomic mass is 16.3. The highest BCUT2D eigenvalue weighted by Gasteiger charge is 2.67. The van der Waals surface area contributed by atoms with Crippen molar-refractivity contribution in [2.45, 2.75) is 70.7 Å². The van der Waals surface area contributed by atoms with Gasteiger partial charge in [0.15, 0.2) is 0 Å². The maximum Gasteiger partial charge on any atom is 0.0934 e. The van der Waals surface area contributed by atoms with Crippen molar-refractivity contribution in [3.8, 4) is 0 Å². The maximum absolute atomic E-state index is 11.8. The first-order valence-electron chi connectivity index (χ1n) is 9.40. The van der Waals surface area contributed by atoms with Crippen LogP contribution in [0.1, 0.15) is 52.0 Å². The number of aryl methyl sites for hydroxylation is 1. The van der Waals surface area contributed by atoms with Crippen LogP contribution in [-0.4, -0.2) is 44.8 Å². The zero-order chi connectivity index (χ0) is 18.5. The summed E-state index contributed by atoms with van der Waals surface area (Å²) in [5.74, 6) is -0.795. The molecule has 0 amide bonds. The van der Waals surface area contributed by atoms with E-state index in [1.165, 1.54) is 0 Å². The first-order valence-corrected chi connectivity index (χ1v) is 9.40. The van der Waals surface area contributed by atoms with Gasteiger partial charge < -0.3 is 24.8 Å². The van der Waals surface area contributed by atoms with Crippen molar-refractivity contribution in [3.05, 3.63) is 24.2 Å². The third kappa shape index (κ3) is 2.67. The van der Waals surface area contributed by atoms with Crippen molar-refractivity contribution >= 4 is 0 Å². The molecule has 0 aromatic carbocycles. The minimum Gasteiger partial charge on any atom is -0.472 e. The van der Waals surface area contributed by atoms with Crippen molar-refractivity contribution in [2.24, 2.45) is 22.7 Å². The fourth-order valence-electron chi connectivity index (χ4n) is 5.97. The fraction of sp³-hybridized carbons (Fsp3) is 0.800. The number of aliphatic hydroxyl groups excluding tert-OH is 3. The number of hydrogen-bond donors (Lipinski definition) is 4. The third-order valence-electron chi connectivity index (χ3n) is 7.56. The van der Waals surface area contributed by atoms with Gasteiger partial charge >= 0.3 is 0 Å². The molecule has 0 saturated heterocycles. The minimum absolute atomic E-state index is 0.0524. The Bertz CT molecular complexity index is 587. The first-order chi connectivity index (χ1) is 11.7. The van der Waals surface area contributed by atoms with Crippen LogP contribution < -0.4 is 0 Å². The third-order valence-corrected chi connectivity index (χ3v) is 7.56. The van der Waals surface area contributed by atoms with Crippen molar-refractivity contribution in [2.75, 3.05) is 6.61 Å². The van der Waals surface area contributed by atoms with E-state index in [1.807, 2.05) is 26.8 Å². The smallest absolute Gasteiger partial charge is 0.0934 e. The number of furan rings is 1. The average molecular weight is 352 g/mol. The van der Waals surface area contributed by atoms with E-state index >= 15 is 0 Å². The molecular formula is C20H32O5. The van der Waals surface area contributed by atoms with Crippen molar-refractivity contribution in [1.29, 1.82) is 0 Å². The number of aliphatic hydroxyl groups is 4. The second-order valence-electron chi connectivity index (χ2n) is 8.89. The molecule has 1 aromatic rings. The molecular weight excluding hydrogens is 320 g/mol. The van der Waals surface area contributed by atoms with Crippen LogP contribution >= 0.6 is 0 Å². The predicted octanol–water partition coefficient (Wildman–Crippen LogP) is 2.12. The molecule has 0 radical (unpaired) electrons. The van der Waals surface area contributed by atoms with Gasteiger partial charge in [0.05, 0.1) is 30.3 Å². The zero-order valence-electron chi connectivity index (χ0n) is 15.5. The van der Waals surface area contributed by atoms with Crippen LogP contribution in [0.5, 0.6) is 0 Å². The molecule has 1 aromatic heterocycles. The molecule has 0 bridgehead atoms. The van der Waals surface area contributed by atoms with Gasteiger partial charge in [-0.2, -0.15) is 0 Å². The molecule has 2 fully saturated rings. The molecule has 1 heterocycles. The Balaban J connectivity index is 2.00.